The van der Waals surface area contributed by atoms with Gasteiger partial charge in [0.15, 0.2) is 0 Å². The van der Waals surface area contributed by atoms with Gasteiger partial charge in [0.2, 0.25) is 0 Å². The third-order valence-corrected chi connectivity index (χ3v) is 0.954. The number of terminal acetylenes is 1. The second-order valence-corrected chi connectivity index (χ2v) is 1.80. The van der Waals surface area contributed by atoms with E-state index in [0.717, 1.165) is 6.42 Å². The predicted octanol–water partition coefficient (Wildman–Crippen LogP) is 1.34. The molecule has 1 nitrogen and oxygen atoms in total. The maximum Gasteiger partial charge on any atom is 0.117 e. The standard InChI is InChI=1S/C8H12O/c1-3-5-6-7-8(9)4-2/h2,5-6,8-9H,3,7H2,1H3/b6-5-/t8-/m1/s1. The van der Waals surface area contributed by atoms with Gasteiger partial charge < -0.3 is 5.11 Å². The van der Waals surface area contributed by atoms with Crippen molar-refractivity contribution in [3.05, 3.63) is 12.2 Å². The minimum absolute atomic E-state index is 0.574. The molecule has 0 rings (SSSR count). The lowest BCUT2D eigenvalue weighted by molar-refractivity contribution is 0.236. The minimum atomic E-state index is -0.604. The van der Waals surface area contributed by atoms with Crippen LogP contribution < -0.4 is 0 Å². The van der Waals surface area contributed by atoms with Crippen molar-refractivity contribution < 1.29 is 5.11 Å². The molecular weight excluding hydrogens is 112 g/mol. The van der Waals surface area contributed by atoms with Gasteiger partial charge in [-0.15, -0.1) is 6.42 Å². The van der Waals surface area contributed by atoms with E-state index in [9.17, 15) is 0 Å². The summed E-state index contributed by atoms with van der Waals surface area (Å²) in [5, 5.41) is 8.80. The Kier molecular flexibility index (Phi) is 4.95. The number of aliphatic hydroxyl groups excluding tert-OH is 1. The molecule has 0 spiro atoms. The fourth-order valence-corrected chi connectivity index (χ4v) is 0.460. The van der Waals surface area contributed by atoms with Crippen LogP contribution in [-0.2, 0) is 0 Å². The fraction of sp³-hybridized carbons (Fsp3) is 0.500. The average molecular weight is 124 g/mol. The van der Waals surface area contributed by atoms with E-state index in [1.165, 1.54) is 0 Å². The molecule has 9 heavy (non-hydrogen) atoms. The highest BCUT2D eigenvalue weighted by atomic mass is 16.3. The van der Waals surface area contributed by atoms with Crippen molar-refractivity contribution in [2.45, 2.75) is 25.9 Å². The summed E-state index contributed by atoms with van der Waals surface area (Å²) in [4.78, 5) is 0. The minimum Gasteiger partial charge on any atom is -0.380 e. The van der Waals surface area contributed by atoms with E-state index >= 15 is 0 Å². The molecule has 0 aromatic rings. The zero-order valence-electron chi connectivity index (χ0n) is 5.67. The normalized spacial score (nSPS) is 13.4. The molecule has 0 aromatic heterocycles. The summed E-state index contributed by atoms with van der Waals surface area (Å²) in [7, 11) is 0. The summed E-state index contributed by atoms with van der Waals surface area (Å²) in [6.45, 7) is 2.04. The van der Waals surface area contributed by atoms with Gasteiger partial charge >= 0.3 is 0 Å². The Balaban J connectivity index is 3.29. The van der Waals surface area contributed by atoms with Crippen molar-refractivity contribution in [2.75, 3.05) is 0 Å². The van der Waals surface area contributed by atoms with Crippen molar-refractivity contribution >= 4 is 0 Å². The van der Waals surface area contributed by atoms with Crippen LogP contribution in [0.15, 0.2) is 12.2 Å². The van der Waals surface area contributed by atoms with Gasteiger partial charge in [-0.3, -0.25) is 0 Å². The van der Waals surface area contributed by atoms with Gasteiger partial charge in [-0.05, 0) is 6.42 Å². The number of aliphatic hydroxyl groups is 1. The maximum atomic E-state index is 8.80. The van der Waals surface area contributed by atoms with E-state index < -0.39 is 6.10 Å². The van der Waals surface area contributed by atoms with Crippen LogP contribution in [0.25, 0.3) is 0 Å². The van der Waals surface area contributed by atoms with Crippen LogP contribution in [0.1, 0.15) is 19.8 Å². The molecule has 0 aliphatic heterocycles. The third kappa shape index (κ3) is 5.13. The van der Waals surface area contributed by atoms with E-state index in [2.05, 4.69) is 5.92 Å². The molecule has 0 heterocycles. The molecule has 0 saturated carbocycles. The molecule has 0 aromatic carbocycles. The van der Waals surface area contributed by atoms with Crippen LogP contribution in [0.2, 0.25) is 0 Å². The first-order valence-corrected chi connectivity index (χ1v) is 3.10. The van der Waals surface area contributed by atoms with E-state index in [4.69, 9.17) is 11.5 Å². The zero-order chi connectivity index (χ0) is 7.11. The predicted molar refractivity (Wildman–Crippen MR) is 38.9 cm³/mol. The summed E-state index contributed by atoms with van der Waals surface area (Å²) < 4.78 is 0. The molecule has 0 unspecified atom stereocenters. The molecule has 0 saturated heterocycles. The van der Waals surface area contributed by atoms with Gasteiger partial charge in [-0.1, -0.05) is 25.0 Å². The average Bonchev–Trinajstić information content (AvgIpc) is 1.89. The second-order valence-electron chi connectivity index (χ2n) is 1.80. The van der Waals surface area contributed by atoms with Crippen molar-refractivity contribution in [3.8, 4) is 12.3 Å². The second kappa shape index (κ2) is 5.40. The van der Waals surface area contributed by atoms with Crippen molar-refractivity contribution in [1.29, 1.82) is 0 Å². The van der Waals surface area contributed by atoms with Gasteiger partial charge in [0, 0.05) is 6.42 Å². The Labute approximate surface area is 56.4 Å². The lowest BCUT2D eigenvalue weighted by Crippen LogP contribution is -1.98. The zero-order valence-corrected chi connectivity index (χ0v) is 5.67. The Morgan fingerprint density at radius 2 is 2.33 bits per heavy atom. The van der Waals surface area contributed by atoms with Gasteiger partial charge in [0.25, 0.3) is 0 Å². The largest absolute Gasteiger partial charge is 0.380 e. The molecule has 50 valence electrons. The highest BCUT2D eigenvalue weighted by Crippen LogP contribution is 1.91. The SMILES string of the molecule is C#C[C@@H](O)C/C=C\CC. The first-order valence-electron chi connectivity index (χ1n) is 3.10. The summed E-state index contributed by atoms with van der Waals surface area (Å²) in [5.74, 6) is 2.23. The lowest BCUT2D eigenvalue weighted by Gasteiger charge is -1.94. The van der Waals surface area contributed by atoms with Crippen LogP contribution in [0.4, 0.5) is 0 Å². The van der Waals surface area contributed by atoms with Crippen molar-refractivity contribution in [3.63, 3.8) is 0 Å². The molecular formula is C8H12O. The lowest BCUT2D eigenvalue weighted by atomic mass is 10.2. The van der Waals surface area contributed by atoms with E-state index in [-0.39, 0.29) is 0 Å². The molecule has 0 aliphatic carbocycles. The van der Waals surface area contributed by atoms with Crippen LogP contribution in [-0.4, -0.2) is 11.2 Å². The highest BCUT2D eigenvalue weighted by molar-refractivity contribution is 4.98. The molecule has 0 aliphatic rings. The summed E-state index contributed by atoms with van der Waals surface area (Å²) in [6.07, 6.45) is 9.77. The summed E-state index contributed by atoms with van der Waals surface area (Å²) in [6, 6.07) is 0. The first kappa shape index (κ1) is 8.26. The molecule has 0 amide bonds. The molecule has 0 fully saturated rings. The van der Waals surface area contributed by atoms with E-state index in [1.807, 2.05) is 19.1 Å². The monoisotopic (exact) mass is 124 g/mol. The Morgan fingerprint density at radius 3 is 2.78 bits per heavy atom. The topological polar surface area (TPSA) is 20.2 Å². The quantitative estimate of drug-likeness (QED) is 0.444. The molecule has 1 N–H and O–H groups in total. The van der Waals surface area contributed by atoms with Crippen LogP contribution in [0.3, 0.4) is 0 Å². The maximum absolute atomic E-state index is 8.80. The van der Waals surface area contributed by atoms with E-state index in [0.29, 0.717) is 6.42 Å². The Hall–Kier alpha value is -0.740. The fourth-order valence-electron chi connectivity index (χ4n) is 0.460. The van der Waals surface area contributed by atoms with Crippen molar-refractivity contribution in [2.24, 2.45) is 0 Å². The number of hydrogen-bond acceptors (Lipinski definition) is 1. The smallest absolute Gasteiger partial charge is 0.117 e. The summed E-state index contributed by atoms with van der Waals surface area (Å²) in [5.41, 5.74) is 0. The Bertz CT molecular complexity index is 119. The number of allylic oxidation sites excluding steroid dienone is 1. The number of hydrogen-bond donors (Lipinski definition) is 1. The van der Waals surface area contributed by atoms with Gasteiger partial charge in [0.1, 0.15) is 6.10 Å². The molecule has 0 bridgehead atoms. The Morgan fingerprint density at radius 1 is 1.67 bits per heavy atom. The van der Waals surface area contributed by atoms with Gasteiger partial charge in [-0.25, -0.2) is 0 Å². The van der Waals surface area contributed by atoms with Crippen molar-refractivity contribution in [1.82, 2.24) is 0 Å². The van der Waals surface area contributed by atoms with Gasteiger partial charge in [-0.2, -0.15) is 0 Å². The van der Waals surface area contributed by atoms with Crippen LogP contribution in [0.5, 0.6) is 0 Å². The molecule has 0 radical (unpaired) electrons. The third-order valence-electron chi connectivity index (χ3n) is 0.954. The van der Waals surface area contributed by atoms with E-state index in [1.54, 1.807) is 0 Å². The molecule has 1 heteroatoms. The first-order chi connectivity index (χ1) is 4.31. The number of rotatable bonds is 3. The summed E-state index contributed by atoms with van der Waals surface area (Å²) >= 11 is 0. The van der Waals surface area contributed by atoms with Crippen LogP contribution >= 0.6 is 0 Å². The molecule has 1 atom stereocenters. The highest BCUT2D eigenvalue weighted by Gasteiger charge is 1.90. The van der Waals surface area contributed by atoms with Gasteiger partial charge in [0.05, 0.1) is 0 Å². The van der Waals surface area contributed by atoms with Crippen LogP contribution in [0, 0.1) is 12.3 Å².